The van der Waals surface area contributed by atoms with Crippen LogP contribution in [-0.2, 0) is 32.0 Å². The van der Waals surface area contributed by atoms with E-state index in [0.717, 1.165) is 44.4 Å². The van der Waals surface area contributed by atoms with Gasteiger partial charge in [-0.25, -0.2) is 4.99 Å². The maximum absolute atomic E-state index is 12.3. The zero-order valence-corrected chi connectivity index (χ0v) is 25.4. The molecule has 0 saturated heterocycles. The summed E-state index contributed by atoms with van der Waals surface area (Å²) in [6.07, 6.45) is 7.25. The average Bonchev–Trinajstić information content (AvgIpc) is 3.59. The van der Waals surface area contributed by atoms with Crippen molar-refractivity contribution >= 4 is 47.7 Å². The second kappa shape index (κ2) is 12.6. The van der Waals surface area contributed by atoms with Crippen LogP contribution < -0.4 is 16.0 Å². The number of aromatic nitrogens is 2. The lowest BCUT2D eigenvalue weighted by molar-refractivity contribution is -0.138. The Morgan fingerprint density at radius 1 is 0.744 bits per heavy atom. The summed E-state index contributed by atoms with van der Waals surface area (Å²) < 4.78 is 0. The molecule has 43 heavy (non-hydrogen) atoms. The zero-order valence-electron chi connectivity index (χ0n) is 25.4. The van der Waals surface area contributed by atoms with Crippen LogP contribution in [0.1, 0.15) is 87.0 Å². The van der Waals surface area contributed by atoms with E-state index in [4.69, 9.17) is 0 Å². The molecule has 0 bridgehead atoms. The third-order valence-electron chi connectivity index (χ3n) is 8.33. The Morgan fingerprint density at radius 3 is 1.95 bits per heavy atom. The van der Waals surface area contributed by atoms with Gasteiger partial charge < -0.3 is 25.5 Å². The maximum Gasteiger partial charge on any atom is 0.303 e. The number of rotatable bonds is 11. The first-order valence-electron chi connectivity index (χ1n) is 14.5. The molecule has 4 rings (SSSR count). The summed E-state index contributed by atoms with van der Waals surface area (Å²) >= 11 is 0. The Kier molecular flexibility index (Phi) is 9.18. The normalized spacial score (nSPS) is 17.2. The molecule has 5 N–H and O–H groups in total. The summed E-state index contributed by atoms with van der Waals surface area (Å²) in [6, 6.07) is 0. The van der Waals surface area contributed by atoms with Crippen LogP contribution in [0.5, 0.6) is 0 Å². The van der Waals surface area contributed by atoms with Crippen LogP contribution in [0.2, 0.25) is 0 Å². The van der Waals surface area contributed by atoms with Gasteiger partial charge in [-0.2, -0.15) is 0 Å². The first kappa shape index (κ1) is 31.2. The van der Waals surface area contributed by atoms with Crippen molar-refractivity contribution in [2.24, 2.45) is 4.99 Å². The highest BCUT2D eigenvalue weighted by Crippen LogP contribution is 2.28. The van der Waals surface area contributed by atoms with Crippen molar-refractivity contribution in [2.45, 2.75) is 80.1 Å². The van der Waals surface area contributed by atoms with Crippen molar-refractivity contribution < 1.29 is 29.4 Å². The van der Waals surface area contributed by atoms with E-state index < -0.39 is 11.9 Å². The van der Waals surface area contributed by atoms with Crippen LogP contribution in [0.25, 0.3) is 18.2 Å². The maximum atomic E-state index is 12.3. The first-order valence-corrected chi connectivity index (χ1v) is 14.5. The number of carboxylic acids is 2. The van der Waals surface area contributed by atoms with Gasteiger partial charge in [-0.15, -0.1) is 0 Å². The number of nitrogens with one attached hydrogen (secondary N) is 3. The fourth-order valence-electron chi connectivity index (χ4n) is 5.77. The fraction of sp³-hybridized carbons (Fsp3) is 0.364. The number of aliphatic carboxylic acids is 2. The number of aromatic amines is 2. The molecule has 10 nitrogen and oxygen atoms in total. The van der Waals surface area contributed by atoms with Gasteiger partial charge in [0.15, 0.2) is 0 Å². The summed E-state index contributed by atoms with van der Waals surface area (Å²) in [7, 11) is 0. The van der Waals surface area contributed by atoms with Crippen molar-refractivity contribution in [3.8, 4) is 0 Å². The molecule has 10 heteroatoms. The number of hydrogen-bond donors (Lipinski definition) is 5. The lowest BCUT2D eigenvalue weighted by Crippen LogP contribution is -2.15. The molecule has 0 aliphatic carbocycles. The van der Waals surface area contributed by atoms with E-state index in [-0.39, 0.29) is 37.5 Å². The molecule has 0 spiro atoms. The summed E-state index contributed by atoms with van der Waals surface area (Å²) in [5, 5.41) is 23.2. The van der Waals surface area contributed by atoms with Crippen molar-refractivity contribution in [3.63, 3.8) is 0 Å². The highest BCUT2D eigenvalue weighted by atomic mass is 16.4. The summed E-state index contributed by atoms with van der Waals surface area (Å²) in [6.45, 7) is 11.4. The Balaban J connectivity index is 1.91. The number of H-pyrrole nitrogens is 2. The molecule has 0 unspecified atom stereocenters. The number of carboxylic acid groups (broad SMARTS) is 2. The number of allylic oxidation sites excluding steroid dienone is 2. The topological polar surface area (TPSA) is 165 Å². The van der Waals surface area contributed by atoms with E-state index in [9.17, 15) is 29.4 Å². The Labute approximate surface area is 249 Å². The number of amides is 2. The lowest BCUT2D eigenvalue weighted by Gasteiger charge is -2.04. The van der Waals surface area contributed by atoms with Crippen LogP contribution >= 0.6 is 0 Å². The van der Waals surface area contributed by atoms with Crippen molar-refractivity contribution in [3.05, 3.63) is 72.3 Å². The second-order valence-corrected chi connectivity index (χ2v) is 10.9. The highest BCUT2D eigenvalue weighted by Gasteiger charge is 2.24. The third kappa shape index (κ3) is 6.38. The number of carbonyl (C=O) groups excluding carboxylic acids is 2. The van der Waals surface area contributed by atoms with E-state index in [0.29, 0.717) is 46.4 Å². The van der Waals surface area contributed by atoms with Gasteiger partial charge in [0.2, 0.25) is 0 Å². The van der Waals surface area contributed by atoms with E-state index in [1.807, 2.05) is 52.8 Å². The van der Waals surface area contributed by atoms with Crippen molar-refractivity contribution in [1.29, 1.82) is 0 Å². The van der Waals surface area contributed by atoms with Crippen LogP contribution in [0.15, 0.2) is 33.0 Å². The molecular weight excluding hydrogens is 548 g/mol. The van der Waals surface area contributed by atoms with Crippen LogP contribution in [0.4, 0.5) is 0 Å². The number of nitrogens with zero attached hydrogens (tertiary/aromatic N) is 1. The van der Waals surface area contributed by atoms with Crippen molar-refractivity contribution in [2.75, 3.05) is 0 Å². The molecule has 2 aromatic rings. The van der Waals surface area contributed by atoms with E-state index in [1.54, 1.807) is 6.92 Å². The number of aliphatic imine (C=N–C) groups is 1. The molecule has 2 aromatic heterocycles. The molecule has 0 fully saturated rings. The highest BCUT2D eigenvalue weighted by molar-refractivity contribution is 6.30. The van der Waals surface area contributed by atoms with Crippen LogP contribution in [0, 0.1) is 13.8 Å². The van der Waals surface area contributed by atoms with Crippen LogP contribution in [-0.4, -0.2) is 49.6 Å². The fourth-order valence-corrected chi connectivity index (χ4v) is 5.77. The molecule has 2 aliphatic rings. The molecule has 0 aromatic carbocycles. The van der Waals surface area contributed by atoms with Gasteiger partial charge in [0.25, 0.3) is 11.8 Å². The Hall–Kier alpha value is -4.73. The van der Waals surface area contributed by atoms with E-state index in [1.165, 1.54) is 0 Å². The predicted molar refractivity (Wildman–Crippen MR) is 165 cm³/mol. The first-order chi connectivity index (χ1) is 20.4. The molecule has 4 heterocycles. The molecule has 2 aliphatic heterocycles. The lowest BCUT2D eigenvalue weighted by atomic mass is 10.0. The summed E-state index contributed by atoms with van der Waals surface area (Å²) in [5.74, 6) is -2.22. The third-order valence-corrected chi connectivity index (χ3v) is 8.33. The standard InChI is InChI=1S/C33H38N4O6/c1-7-20-19(6)32(42)37-27(20)14-25-18(5)23(10-12-31(40)41)29(35-25)15-28-22(9-11-30(38)39)17(4)24(34-28)13-26-16(3)21(8-2)33(43)36-26/h13-15,34-35H,7-12H2,1-6H3,(H,37,42)(H,38,39)(H,40,41)/b24-13?,27-14-,28-15-. The van der Waals surface area contributed by atoms with Gasteiger partial charge in [0.05, 0.1) is 5.71 Å². The van der Waals surface area contributed by atoms with Gasteiger partial charge in [-0.05, 0) is 105 Å². The Morgan fingerprint density at radius 2 is 1.37 bits per heavy atom. The molecular formula is C33H38N4O6. The molecule has 226 valence electrons. The molecule has 0 radical (unpaired) electrons. The minimum Gasteiger partial charge on any atom is -0.481 e. The number of hydrogen-bond acceptors (Lipinski definition) is 4. The summed E-state index contributed by atoms with van der Waals surface area (Å²) in [5.41, 5.74) is 9.15. The monoisotopic (exact) mass is 586 g/mol. The van der Waals surface area contributed by atoms with Gasteiger partial charge in [0, 0.05) is 51.8 Å². The minimum absolute atomic E-state index is 0.0701. The largest absolute Gasteiger partial charge is 0.481 e. The number of carbonyl (C=O) groups is 4. The van der Waals surface area contributed by atoms with Crippen molar-refractivity contribution in [1.82, 2.24) is 15.3 Å². The van der Waals surface area contributed by atoms with Gasteiger partial charge in [0.1, 0.15) is 0 Å². The summed E-state index contributed by atoms with van der Waals surface area (Å²) in [4.78, 5) is 58.7. The minimum atomic E-state index is -0.922. The average molecular weight is 587 g/mol. The zero-order chi connectivity index (χ0) is 31.6. The quantitative estimate of drug-likeness (QED) is 0.270. The SMILES string of the molecule is CCC1=C(C)C(C=c2[nH]/c(=C\c3[nH]c(/C=C4\NC(=O)C(C)=C4CC)c(C)c3CCC(=O)O)c(CCC(=O)O)c2C)=NC1=O. The molecule has 0 atom stereocenters. The van der Waals surface area contributed by atoms with E-state index in [2.05, 4.69) is 20.3 Å². The Bertz CT molecular complexity index is 1790. The van der Waals surface area contributed by atoms with Crippen LogP contribution in [0.3, 0.4) is 0 Å². The molecule has 0 saturated carbocycles. The van der Waals surface area contributed by atoms with Gasteiger partial charge >= 0.3 is 11.9 Å². The van der Waals surface area contributed by atoms with Gasteiger partial charge in [-0.1, -0.05) is 13.8 Å². The predicted octanol–water partition coefficient (Wildman–Crippen LogP) is 3.51. The second-order valence-electron chi connectivity index (χ2n) is 10.9. The van der Waals surface area contributed by atoms with Gasteiger partial charge in [-0.3, -0.25) is 19.2 Å². The smallest absolute Gasteiger partial charge is 0.303 e. The van der Waals surface area contributed by atoms with E-state index >= 15 is 0 Å². The molecule has 2 amide bonds.